The van der Waals surface area contributed by atoms with Crippen LogP contribution in [-0.4, -0.2) is 39.6 Å². The zero-order valence-corrected chi connectivity index (χ0v) is 17.3. The van der Waals surface area contributed by atoms with E-state index in [0.29, 0.717) is 32.6 Å². The monoisotopic (exact) mass is 414 g/mol. The molecule has 2 N–H and O–H groups in total. The molecule has 1 aromatic heterocycles. The summed E-state index contributed by atoms with van der Waals surface area (Å²) in [7, 11) is 1.76. The van der Waals surface area contributed by atoms with Gasteiger partial charge < -0.3 is 10.6 Å². The first-order valence-electron chi connectivity index (χ1n) is 9.77. The van der Waals surface area contributed by atoms with Crippen LogP contribution < -0.4 is 11.4 Å². The number of carbonyl (C=O) groups excluding carboxylic acids is 1. The molecule has 4 rings (SSSR count). The van der Waals surface area contributed by atoms with Gasteiger partial charge in [-0.3, -0.25) is 13.9 Å². The second-order valence-corrected chi connectivity index (χ2v) is 7.54. The highest BCUT2D eigenvalue weighted by molar-refractivity contribution is 5.85. The molecular formula is C22H27ClN4O2. The third-order valence-electron chi connectivity index (χ3n) is 5.93. The highest BCUT2D eigenvalue weighted by Gasteiger charge is 2.35. The second kappa shape index (κ2) is 8.84. The van der Waals surface area contributed by atoms with Crippen molar-refractivity contribution in [2.75, 3.05) is 19.6 Å². The number of imidazole rings is 1. The summed E-state index contributed by atoms with van der Waals surface area (Å²) in [5.41, 5.74) is 8.89. The van der Waals surface area contributed by atoms with Crippen molar-refractivity contribution in [1.82, 2.24) is 14.0 Å². The molecule has 1 aliphatic rings. The molecule has 2 heterocycles. The number of nitrogens with zero attached hydrogens (tertiary/aromatic N) is 3. The first-order valence-corrected chi connectivity index (χ1v) is 9.77. The fourth-order valence-electron chi connectivity index (χ4n) is 4.34. The number of carbonyl (C=O) groups is 1. The number of aromatic nitrogens is 2. The number of rotatable bonds is 5. The Balaban J connectivity index is 0.00000240. The van der Waals surface area contributed by atoms with E-state index in [2.05, 4.69) is 12.1 Å². The lowest BCUT2D eigenvalue weighted by Crippen LogP contribution is -2.32. The van der Waals surface area contributed by atoms with E-state index in [0.717, 1.165) is 11.0 Å². The largest absolute Gasteiger partial charge is 0.342 e. The van der Waals surface area contributed by atoms with Gasteiger partial charge in [-0.25, -0.2) is 4.79 Å². The second-order valence-electron chi connectivity index (χ2n) is 7.54. The highest BCUT2D eigenvalue weighted by atomic mass is 35.5. The quantitative estimate of drug-likeness (QED) is 0.696. The third kappa shape index (κ3) is 3.95. The lowest BCUT2D eigenvalue weighted by molar-refractivity contribution is -0.130. The van der Waals surface area contributed by atoms with Gasteiger partial charge in [-0.05, 0) is 30.2 Å². The molecule has 0 aliphatic carbocycles. The van der Waals surface area contributed by atoms with E-state index in [4.69, 9.17) is 5.73 Å². The average molecular weight is 415 g/mol. The Bertz CT molecular complexity index is 1040. The standard InChI is InChI=1S/C22H26N4O2.ClH/c1-24-19-9-5-6-10-20(19)26(22(24)28)12-11-21(27)25-14-17(13-23)18(15-25)16-7-3-2-4-8-16;/h2-10,17-18H,11-15,23H2,1H3;1H/t17-,18+;/m1./s1. The van der Waals surface area contributed by atoms with Gasteiger partial charge in [0.25, 0.3) is 0 Å². The highest BCUT2D eigenvalue weighted by Crippen LogP contribution is 2.32. The van der Waals surface area contributed by atoms with Crippen LogP contribution in [0.1, 0.15) is 17.9 Å². The molecule has 1 fully saturated rings. The maximum Gasteiger partial charge on any atom is 0.328 e. The number of fused-ring (bicyclic) bond motifs is 1. The number of aryl methyl sites for hydroxylation is 2. The average Bonchev–Trinajstić information content (AvgIpc) is 3.27. The summed E-state index contributed by atoms with van der Waals surface area (Å²) in [6.07, 6.45) is 0.312. The first-order chi connectivity index (χ1) is 13.6. The summed E-state index contributed by atoms with van der Waals surface area (Å²) in [5.74, 6) is 0.624. The number of likely N-dealkylation sites (tertiary alicyclic amines) is 1. The molecule has 154 valence electrons. The molecule has 3 aromatic rings. The molecular weight excluding hydrogens is 388 g/mol. The van der Waals surface area contributed by atoms with Crippen LogP contribution in [0.15, 0.2) is 59.4 Å². The van der Waals surface area contributed by atoms with Gasteiger partial charge in [0.15, 0.2) is 0 Å². The van der Waals surface area contributed by atoms with Crippen LogP contribution in [0.3, 0.4) is 0 Å². The lowest BCUT2D eigenvalue weighted by Gasteiger charge is -2.17. The van der Waals surface area contributed by atoms with Crippen LogP contribution in [0.5, 0.6) is 0 Å². The first kappa shape index (κ1) is 21.1. The fourth-order valence-corrected chi connectivity index (χ4v) is 4.34. The van der Waals surface area contributed by atoms with Gasteiger partial charge in [0.1, 0.15) is 0 Å². The van der Waals surface area contributed by atoms with Crippen molar-refractivity contribution in [3.63, 3.8) is 0 Å². The molecule has 7 heteroatoms. The number of hydrogen-bond acceptors (Lipinski definition) is 3. The number of hydrogen-bond donors (Lipinski definition) is 1. The third-order valence-corrected chi connectivity index (χ3v) is 5.93. The van der Waals surface area contributed by atoms with Gasteiger partial charge in [-0.15, -0.1) is 12.4 Å². The summed E-state index contributed by atoms with van der Waals surface area (Å²) < 4.78 is 3.32. The van der Waals surface area contributed by atoms with Crippen LogP contribution in [0.4, 0.5) is 0 Å². The van der Waals surface area contributed by atoms with Crippen molar-refractivity contribution in [3.8, 4) is 0 Å². The Morgan fingerprint density at radius 3 is 2.38 bits per heavy atom. The Kier molecular flexibility index (Phi) is 6.45. The van der Waals surface area contributed by atoms with Crippen LogP contribution >= 0.6 is 12.4 Å². The molecule has 0 unspecified atom stereocenters. The maximum atomic E-state index is 12.9. The minimum absolute atomic E-state index is 0. The number of amides is 1. The molecule has 0 saturated carbocycles. The van der Waals surface area contributed by atoms with E-state index in [9.17, 15) is 9.59 Å². The molecule has 1 saturated heterocycles. The van der Waals surface area contributed by atoms with E-state index in [1.165, 1.54) is 5.56 Å². The van der Waals surface area contributed by atoms with Crippen LogP contribution in [-0.2, 0) is 18.4 Å². The summed E-state index contributed by atoms with van der Waals surface area (Å²) in [5, 5.41) is 0. The Morgan fingerprint density at radius 1 is 1.03 bits per heavy atom. The van der Waals surface area contributed by atoms with Gasteiger partial charge in [-0.2, -0.15) is 0 Å². The SMILES string of the molecule is Cl.Cn1c(=O)n(CCC(=O)N2C[C@@H](CN)[C@H](c3ccccc3)C2)c2ccccc21. The van der Waals surface area contributed by atoms with E-state index < -0.39 is 0 Å². The van der Waals surface area contributed by atoms with Crippen LogP contribution in [0.2, 0.25) is 0 Å². The van der Waals surface area contributed by atoms with Gasteiger partial charge in [0.05, 0.1) is 11.0 Å². The fraction of sp³-hybridized carbons (Fsp3) is 0.364. The molecule has 2 aromatic carbocycles. The van der Waals surface area contributed by atoms with Crippen molar-refractivity contribution in [2.45, 2.75) is 18.9 Å². The van der Waals surface area contributed by atoms with E-state index in [1.54, 1.807) is 16.2 Å². The summed E-state index contributed by atoms with van der Waals surface area (Å²) >= 11 is 0. The van der Waals surface area contributed by atoms with Crippen molar-refractivity contribution >= 4 is 29.3 Å². The van der Waals surface area contributed by atoms with Crippen molar-refractivity contribution in [3.05, 3.63) is 70.6 Å². The number of para-hydroxylation sites is 2. The molecule has 0 bridgehead atoms. The molecule has 0 spiro atoms. The number of halogens is 1. The van der Waals surface area contributed by atoms with Gasteiger partial charge in [0.2, 0.25) is 5.91 Å². The zero-order valence-electron chi connectivity index (χ0n) is 16.5. The Labute approximate surface area is 176 Å². The van der Waals surface area contributed by atoms with Gasteiger partial charge in [0, 0.05) is 39.0 Å². The molecule has 1 amide bonds. The molecule has 6 nitrogen and oxygen atoms in total. The van der Waals surface area contributed by atoms with Crippen molar-refractivity contribution < 1.29 is 4.79 Å². The Hall–Kier alpha value is -2.57. The van der Waals surface area contributed by atoms with Crippen molar-refractivity contribution in [2.24, 2.45) is 18.7 Å². The number of benzene rings is 2. The van der Waals surface area contributed by atoms with Crippen LogP contribution in [0, 0.1) is 5.92 Å². The Morgan fingerprint density at radius 2 is 1.69 bits per heavy atom. The van der Waals surface area contributed by atoms with E-state index in [1.807, 2.05) is 47.4 Å². The zero-order chi connectivity index (χ0) is 19.7. The summed E-state index contributed by atoms with van der Waals surface area (Å²) in [4.78, 5) is 27.3. The van der Waals surface area contributed by atoms with E-state index in [-0.39, 0.29) is 35.8 Å². The van der Waals surface area contributed by atoms with Crippen molar-refractivity contribution in [1.29, 1.82) is 0 Å². The summed E-state index contributed by atoms with van der Waals surface area (Å²) in [6, 6.07) is 17.9. The number of nitrogens with two attached hydrogens (primary N) is 1. The lowest BCUT2D eigenvalue weighted by atomic mass is 9.89. The minimum Gasteiger partial charge on any atom is -0.342 e. The molecule has 29 heavy (non-hydrogen) atoms. The smallest absolute Gasteiger partial charge is 0.328 e. The molecule has 2 atom stereocenters. The normalized spacial score (nSPS) is 18.8. The molecule has 1 aliphatic heterocycles. The predicted molar refractivity (Wildman–Crippen MR) is 117 cm³/mol. The van der Waals surface area contributed by atoms with Crippen LogP contribution in [0.25, 0.3) is 11.0 Å². The van der Waals surface area contributed by atoms with E-state index >= 15 is 0 Å². The minimum atomic E-state index is -0.0857. The molecule has 0 radical (unpaired) electrons. The summed E-state index contributed by atoms with van der Waals surface area (Å²) in [6.45, 7) is 2.32. The van der Waals surface area contributed by atoms with Gasteiger partial charge >= 0.3 is 5.69 Å². The predicted octanol–water partition coefficient (Wildman–Crippen LogP) is 2.35. The van der Waals surface area contributed by atoms with Gasteiger partial charge in [-0.1, -0.05) is 42.5 Å². The maximum absolute atomic E-state index is 12.9. The topological polar surface area (TPSA) is 73.3 Å².